The maximum atomic E-state index is 12.7. The smallest absolute Gasteiger partial charge is 0.337 e. The Labute approximate surface area is 186 Å². The summed E-state index contributed by atoms with van der Waals surface area (Å²) in [4.78, 5) is 49.7. The number of rotatable bonds is 5. The van der Waals surface area contributed by atoms with Crippen LogP contribution in [0.5, 0.6) is 0 Å². The fourth-order valence-electron chi connectivity index (χ4n) is 3.63. The van der Waals surface area contributed by atoms with Gasteiger partial charge in [-0.2, -0.15) is 0 Å². The van der Waals surface area contributed by atoms with Crippen molar-refractivity contribution in [3.8, 4) is 0 Å². The Hall–Kier alpha value is -3.20. The lowest BCUT2D eigenvalue weighted by molar-refractivity contribution is -0.167. The summed E-state index contributed by atoms with van der Waals surface area (Å²) in [5, 5.41) is 9.11. The lowest BCUT2D eigenvalue weighted by Crippen LogP contribution is -2.46. The largest absolute Gasteiger partial charge is 0.466 e. The van der Waals surface area contributed by atoms with E-state index in [9.17, 15) is 19.2 Å². The summed E-state index contributed by atoms with van der Waals surface area (Å²) in [5.41, 5.74) is 0.969. The molecule has 0 spiro atoms. The molecule has 9 heteroatoms. The summed E-state index contributed by atoms with van der Waals surface area (Å²) >= 11 is 0. The fourth-order valence-corrected chi connectivity index (χ4v) is 3.63. The molecule has 4 unspecified atom stereocenters. The van der Waals surface area contributed by atoms with Crippen molar-refractivity contribution in [1.82, 2.24) is 0 Å². The molecule has 4 atom stereocenters. The van der Waals surface area contributed by atoms with E-state index in [-0.39, 0.29) is 16.7 Å². The predicted molar refractivity (Wildman–Crippen MR) is 112 cm³/mol. The molecule has 0 aromatic rings. The van der Waals surface area contributed by atoms with Crippen LogP contribution in [0, 0.1) is 5.92 Å². The second kappa shape index (κ2) is 10.9. The predicted octanol–water partition coefficient (Wildman–Crippen LogP) is 1.71. The number of allylic oxidation sites excluding steroid dienone is 2. The summed E-state index contributed by atoms with van der Waals surface area (Å²) in [6, 6.07) is 0. The molecule has 2 aliphatic rings. The van der Waals surface area contributed by atoms with Crippen molar-refractivity contribution >= 4 is 23.9 Å². The molecule has 0 aromatic heterocycles. The highest BCUT2D eigenvalue weighted by atomic mass is 16.6. The third-order valence-corrected chi connectivity index (χ3v) is 5.25. The van der Waals surface area contributed by atoms with Crippen LogP contribution in [0.4, 0.5) is 0 Å². The number of carbonyl (C=O) groups excluding carboxylic acids is 4. The van der Waals surface area contributed by atoms with Crippen LogP contribution >= 0.6 is 0 Å². The van der Waals surface area contributed by atoms with E-state index < -0.39 is 54.7 Å². The second-order valence-electron chi connectivity index (χ2n) is 7.59. The van der Waals surface area contributed by atoms with Gasteiger partial charge in [-0.1, -0.05) is 18.2 Å². The molecule has 1 fully saturated rings. The van der Waals surface area contributed by atoms with Crippen LogP contribution in [-0.2, 0) is 38.1 Å². The molecule has 1 aliphatic carbocycles. The molecule has 2 rings (SSSR count). The van der Waals surface area contributed by atoms with Crippen LogP contribution < -0.4 is 0 Å². The molecule has 9 nitrogen and oxygen atoms in total. The highest BCUT2D eigenvalue weighted by Gasteiger charge is 2.50. The van der Waals surface area contributed by atoms with E-state index in [1.165, 1.54) is 20.1 Å². The monoisotopic (exact) mass is 448 g/mol. The fraction of sp³-hybridized carbons (Fsp3) is 0.478. The molecule has 0 bridgehead atoms. The highest BCUT2D eigenvalue weighted by Crippen LogP contribution is 2.38. The number of carbonyl (C=O) groups is 4. The van der Waals surface area contributed by atoms with Crippen LogP contribution in [0.15, 0.2) is 47.1 Å². The summed E-state index contributed by atoms with van der Waals surface area (Å²) in [5.74, 6) is -3.94. The molecule has 32 heavy (non-hydrogen) atoms. The SMILES string of the molecule is C=C1C(=O)OC2C=C(C)CCC=C(C(=O)OC)C(OC(C)=O)C(OC(=O)C(C)=CCO)C12. The maximum Gasteiger partial charge on any atom is 0.337 e. The Morgan fingerprint density at radius 2 is 1.97 bits per heavy atom. The van der Waals surface area contributed by atoms with Gasteiger partial charge in [0, 0.05) is 18.1 Å². The lowest BCUT2D eigenvalue weighted by Gasteiger charge is -2.33. The molecule has 0 aromatic carbocycles. The third kappa shape index (κ3) is 5.73. The molecule has 0 saturated carbocycles. The van der Waals surface area contributed by atoms with Crippen molar-refractivity contribution in [1.29, 1.82) is 0 Å². The average molecular weight is 448 g/mol. The summed E-state index contributed by atoms with van der Waals surface area (Å²) in [6.45, 7) is 7.82. The number of hydrogen-bond acceptors (Lipinski definition) is 9. The number of methoxy groups -OCH3 is 1. The van der Waals surface area contributed by atoms with E-state index in [0.29, 0.717) is 12.8 Å². The Bertz CT molecular complexity index is 893. The first-order chi connectivity index (χ1) is 15.1. The number of fused-ring (bicyclic) bond motifs is 1. The number of esters is 4. The molecular weight excluding hydrogens is 420 g/mol. The van der Waals surface area contributed by atoms with Gasteiger partial charge in [-0.15, -0.1) is 0 Å². The average Bonchev–Trinajstić information content (AvgIpc) is 3.00. The summed E-state index contributed by atoms with van der Waals surface area (Å²) in [6.07, 6.45) is 1.94. The summed E-state index contributed by atoms with van der Waals surface area (Å²) in [7, 11) is 1.18. The Kier molecular flexibility index (Phi) is 8.54. The molecular formula is C23H28O9. The van der Waals surface area contributed by atoms with E-state index in [1.54, 1.807) is 12.2 Å². The standard InChI is InChI=1S/C23H28O9/c1-12-7-6-8-16(23(28)29-5)19(30-15(4)25)20(32-21(26)13(2)9-10-24)18-14(3)22(27)31-17(18)11-12/h8-9,11,17-20,24H,3,6-7,10H2,1-2,4-5H3. The zero-order chi connectivity index (χ0) is 24.0. The molecule has 1 N–H and O–H groups in total. The van der Waals surface area contributed by atoms with Crippen molar-refractivity contribution in [2.24, 2.45) is 5.92 Å². The van der Waals surface area contributed by atoms with Gasteiger partial charge in [-0.3, -0.25) is 4.79 Å². The van der Waals surface area contributed by atoms with Crippen molar-refractivity contribution in [3.63, 3.8) is 0 Å². The van der Waals surface area contributed by atoms with Crippen LogP contribution in [0.25, 0.3) is 0 Å². The van der Waals surface area contributed by atoms with E-state index in [1.807, 2.05) is 6.92 Å². The van der Waals surface area contributed by atoms with Crippen molar-refractivity contribution in [3.05, 3.63) is 47.1 Å². The van der Waals surface area contributed by atoms with Crippen molar-refractivity contribution in [2.45, 2.75) is 51.9 Å². The maximum absolute atomic E-state index is 12.7. The second-order valence-corrected chi connectivity index (χ2v) is 7.59. The van der Waals surface area contributed by atoms with E-state index in [4.69, 9.17) is 24.1 Å². The molecule has 1 heterocycles. The van der Waals surface area contributed by atoms with Crippen LogP contribution in [0.3, 0.4) is 0 Å². The molecule has 1 saturated heterocycles. The van der Waals surface area contributed by atoms with E-state index >= 15 is 0 Å². The van der Waals surface area contributed by atoms with Crippen molar-refractivity contribution < 1.29 is 43.2 Å². The normalized spacial score (nSPS) is 26.2. The molecule has 174 valence electrons. The van der Waals surface area contributed by atoms with Gasteiger partial charge in [-0.25, -0.2) is 14.4 Å². The third-order valence-electron chi connectivity index (χ3n) is 5.25. The Morgan fingerprint density at radius 1 is 1.28 bits per heavy atom. The van der Waals surface area contributed by atoms with E-state index in [0.717, 1.165) is 12.5 Å². The van der Waals surface area contributed by atoms with Crippen LogP contribution in [-0.4, -0.2) is 61.0 Å². The van der Waals surface area contributed by atoms with Gasteiger partial charge < -0.3 is 24.1 Å². The number of aliphatic hydroxyl groups is 1. The van der Waals surface area contributed by atoms with Gasteiger partial charge in [0.05, 0.1) is 25.2 Å². The minimum Gasteiger partial charge on any atom is -0.466 e. The van der Waals surface area contributed by atoms with Crippen molar-refractivity contribution in [2.75, 3.05) is 13.7 Å². The van der Waals surface area contributed by atoms with Gasteiger partial charge in [-0.05, 0) is 38.8 Å². The number of ether oxygens (including phenoxy) is 4. The van der Waals surface area contributed by atoms with Gasteiger partial charge >= 0.3 is 23.9 Å². The minimum absolute atomic E-state index is 0.0163. The molecule has 1 aliphatic heterocycles. The summed E-state index contributed by atoms with van der Waals surface area (Å²) < 4.78 is 21.4. The lowest BCUT2D eigenvalue weighted by atomic mass is 9.83. The minimum atomic E-state index is -1.38. The molecule has 0 radical (unpaired) electrons. The highest BCUT2D eigenvalue weighted by molar-refractivity contribution is 5.93. The Balaban J connectivity index is 2.69. The number of aliphatic hydroxyl groups excluding tert-OH is 1. The van der Waals surface area contributed by atoms with Gasteiger partial charge in [0.1, 0.15) is 6.10 Å². The van der Waals surface area contributed by atoms with E-state index in [2.05, 4.69) is 6.58 Å². The topological polar surface area (TPSA) is 125 Å². The number of hydrogen-bond donors (Lipinski definition) is 1. The Morgan fingerprint density at radius 3 is 2.56 bits per heavy atom. The quantitative estimate of drug-likeness (QED) is 0.289. The van der Waals surface area contributed by atoms with Crippen LogP contribution in [0.2, 0.25) is 0 Å². The first kappa shape index (κ1) is 25.1. The van der Waals surface area contributed by atoms with Gasteiger partial charge in [0.15, 0.2) is 12.2 Å². The zero-order valence-electron chi connectivity index (χ0n) is 18.6. The first-order valence-electron chi connectivity index (χ1n) is 10.1. The van der Waals surface area contributed by atoms with Gasteiger partial charge in [0.2, 0.25) is 0 Å². The zero-order valence-corrected chi connectivity index (χ0v) is 18.6. The molecule has 0 amide bonds. The van der Waals surface area contributed by atoms with Gasteiger partial charge in [0.25, 0.3) is 0 Å². The first-order valence-corrected chi connectivity index (χ1v) is 10.1. The van der Waals surface area contributed by atoms with Crippen LogP contribution in [0.1, 0.15) is 33.6 Å².